The fraction of sp³-hybridized carbons (Fsp3) is 0.188. The third-order valence-corrected chi connectivity index (χ3v) is 2.97. The standard InChI is InChI=1S/C16H18N2O3/c1-11(19)18-14-5-3-13(4-6-14)17-10-12-9-15(21-2)7-8-16(12)20/h3-9,17,20H,10H2,1-2H3,(H,18,19). The molecule has 0 heterocycles. The second-order valence-corrected chi connectivity index (χ2v) is 4.61. The Morgan fingerprint density at radius 3 is 2.43 bits per heavy atom. The number of methoxy groups -OCH3 is 1. The number of carbonyl (C=O) groups excluding carboxylic acids is 1. The number of benzene rings is 2. The molecule has 0 aliphatic rings. The van der Waals surface area contributed by atoms with Crippen LogP contribution in [0.1, 0.15) is 12.5 Å². The Kier molecular flexibility index (Phi) is 4.66. The Hall–Kier alpha value is -2.69. The van der Waals surface area contributed by atoms with Gasteiger partial charge in [-0.2, -0.15) is 0 Å². The van der Waals surface area contributed by atoms with Crippen LogP contribution in [-0.4, -0.2) is 18.1 Å². The van der Waals surface area contributed by atoms with Gasteiger partial charge in [0.05, 0.1) is 7.11 Å². The van der Waals surface area contributed by atoms with E-state index < -0.39 is 0 Å². The van der Waals surface area contributed by atoms with Crippen molar-refractivity contribution < 1.29 is 14.6 Å². The SMILES string of the molecule is COc1ccc(O)c(CNc2ccc(NC(C)=O)cc2)c1. The highest BCUT2D eigenvalue weighted by atomic mass is 16.5. The minimum atomic E-state index is -0.1000. The zero-order valence-corrected chi connectivity index (χ0v) is 12.0. The highest BCUT2D eigenvalue weighted by molar-refractivity contribution is 5.88. The second-order valence-electron chi connectivity index (χ2n) is 4.61. The zero-order valence-electron chi connectivity index (χ0n) is 12.0. The van der Waals surface area contributed by atoms with Gasteiger partial charge in [-0.15, -0.1) is 0 Å². The highest BCUT2D eigenvalue weighted by Crippen LogP contribution is 2.24. The normalized spacial score (nSPS) is 10.0. The van der Waals surface area contributed by atoms with E-state index in [2.05, 4.69) is 10.6 Å². The number of phenols is 1. The lowest BCUT2D eigenvalue weighted by molar-refractivity contribution is -0.114. The topological polar surface area (TPSA) is 70.6 Å². The van der Waals surface area contributed by atoms with Crippen LogP contribution in [0.3, 0.4) is 0 Å². The van der Waals surface area contributed by atoms with Crippen molar-refractivity contribution in [3.05, 3.63) is 48.0 Å². The summed E-state index contributed by atoms with van der Waals surface area (Å²) < 4.78 is 5.14. The van der Waals surface area contributed by atoms with E-state index in [0.717, 1.165) is 16.9 Å². The zero-order chi connectivity index (χ0) is 15.2. The first-order valence-corrected chi connectivity index (χ1v) is 6.56. The summed E-state index contributed by atoms with van der Waals surface area (Å²) in [5.74, 6) is 0.820. The molecule has 0 radical (unpaired) electrons. The van der Waals surface area contributed by atoms with E-state index in [0.29, 0.717) is 12.3 Å². The number of amides is 1. The highest BCUT2D eigenvalue weighted by Gasteiger charge is 2.03. The molecule has 0 aliphatic heterocycles. The molecule has 21 heavy (non-hydrogen) atoms. The Labute approximate surface area is 123 Å². The maximum absolute atomic E-state index is 10.9. The van der Waals surface area contributed by atoms with E-state index in [-0.39, 0.29) is 11.7 Å². The largest absolute Gasteiger partial charge is 0.508 e. The fourth-order valence-corrected chi connectivity index (χ4v) is 1.90. The summed E-state index contributed by atoms with van der Waals surface area (Å²) >= 11 is 0. The number of phenolic OH excluding ortho intramolecular Hbond substituents is 1. The molecule has 2 rings (SSSR count). The second kappa shape index (κ2) is 6.65. The van der Waals surface area contributed by atoms with Gasteiger partial charge in [0, 0.05) is 30.4 Å². The van der Waals surface area contributed by atoms with E-state index in [1.54, 1.807) is 25.3 Å². The van der Waals surface area contributed by atoms with E-state index in [4.69, 9.17) is 4.74 Å². The maximum Gasteiger partial charge on any atom is 0.221 e. The number of ether oxygens (including phenoxy) is 1. The summed E-state index contributed by atoms with van der Waals surface area (Å²) in [7, 11) is 1.59. The average molecular weight is 286 g/mol. The van der Waals surface area contributed by atoms with Gasteiger partial charge in [-0.25, -0.2) is 0 Å². The Bertz CT molecular complexity index is 624. The first kappa shape index (κ1) is 14.7. The Morgan fingerprint density at radius 2 is 1.81 bits per heavy atom. The van der Waals surface area contributed by atoms with Gasteiger partial charge in [0.2, 0.25) is 5.91 Å². The summed E-state index contributed by atoms with van der Waals surface area (Å²) in [6.07, 6.45) is 0. The molecule has 0 saturated heterocycles. The first-order chi connectivity index (χ1) is 10.1. The molecule has 2 aromatic carbocycles. The van der Waals surface area contributed by atoms with Gasteiger partial charge in [0.1, 0.15) is 11.5 Å². The van der Waals surface area contributed by atoms with Crippen LogP contribution in [-0.2, 0) is 11.3 Å². The van der Waals surface area contributed by atoms with Crippen LogP contribution in [0.5, 0.6) is 11.5 Å². The van der Waals surface area contributed by atoms with E-state index in [9.17, 15) is 9.90 Å². The number of rotatable bonds is 5. The van der Waals surface area contributed by atoms with Crippen molar-refractivity contribution in [3.8, 4) is 11.5 Å². The molecule has 0 spiro atoms. The first-order valence-electron chi connectivity index (χ1n) is 6.56. The smallest absolute Gasteiger partial charge is 0.221 e. The number of aromatic hydroxyl groups is 1. The third-order valence-electron chi connectivity index (χ3n) is 2.97. The number of nitrogens with one attached hydrogen (secondary N) is 2. The van der Waals surface area contributed by atoms with Gasteiger partial charge in [-0.05, 0) is 42.5 Å². The van der Waals surface area contributed by atoms with E-state index in [1.807, 2.05) is 24.3 Å². The van der Waals surface area contributed by atoms with Gasteiger partial charge in [-0.3, -0.25) is 4.79 Å². The summed E-state index contributed by atoms with van der Waals surface area (Å²) in [4.78, 5) is 10.9. The maximum atomic E-state index is 10.9. The fourth-order valence-electron chi connectivity index (χ4n) is 1.90. The van der Waals surface area contributed by atoms with Crippen LogP contribution < -0.4 is 15.4 Å². The molecule has 110 valence electrons. The van der Waals surface area contributed by atoms with Crippen LogP contribution in [0.25, 0.3) is 0 Å². The third kappa shape index (κ3) is 4.14. The van der Waals surface area contributed by atoms with Crippen molar-refractivity contribution in [2.24, 2.45) is 0 Å². The molecule has 0 fully saturated rings. The minimum Gasteiger partial charge on any atom is -0.508 e. The summed E-state index contributed by atoms with van der Waals surface area (Å²) in [5.41, 5.74) is 2.39. The Morgan fingerprint density at radius 1 is 1.14 bits per heavy atom. The summed E-state index contributed by atoms with van der Waals surface area (Å²) in [6, 6.07) is 12.5. The lowest BCUT2D eigenvalue weighted by Gasteiger charge is -2.10. The lowest BCUT2D eigenvalue weighted by atomic mass is 10.2. The summed E-state index contributed by atoms with van der Waals surface area (Å²) in [5, 5.41) is 15.7. The Balaban J connectivity index is 2.01. The molecule has 0 atom stereocenters. The van der Waals surface area contributed by atoms with Gasteiger partial charge in [0.25, 0.3) is 0 Å². The molecular formula is C16H18N2O3. The lowest BCUT2D eigenvalue weighted by Crippen LogP contribution is -2.05. The van der Waals surface area contributed by atoms with Crippen LogP contribution in [0.15, 0.2) is 42.5 Å². The van der Waals surface area contributed by atoms with Crippen molar-refractivity contribution in [3.63, 3.8) is 0 Å². The molecule has 0 saturated carbocycles. The number of hydrogen-bond donors (Lipinski definition) is 3. The van der Waals surface area contributed by atoms with Gasteiger partial charge in [0.15, 0.2) is 0 Å². The van der Waals surface area contributed by atoms with Crippen LogP contribution in [0, 0.1) is 0 Å². The molecule has 0 unspecified atom stereocenters. The molecule has 0 aromatic heterocycles. The van der Waals surface area contributed by atoms with E-state index in [1.165, 1.54) is 6.92 Å². The molecule has 0 aliphatic carbocycles. The molecule has 3 N–H and O–H groups in total. The molecular weight excluding hydrogens is 268 g/mol. The molecule has 2 aromatic rings. The number of hydrogen-bond acceptors (Lipinski definition) is 4. The predicted octanol–water partition coefficient (Wildman–Crippen LogP) is 2.97. The predicted molar refractivity (Wildman–Crippen MR) is 82.7 cm³/mol. The van der Waals surface area contributed by atoms with Gasteiger partial charge in [-0.1, -0.05) is 0 Å². The quantitative estimate of drug-likeness (QED) is 0.790. The van der Waals surface area contributed by atoms with Gasteiger partial charge >= 0.3 is 0 Å². The van der Waals surface area contributed by atoms with Crippen LogP contribution in [0.4, 0.5) is 11.4 Å². The molecule has 0 bridgehead atoms. The summed E-state index contributed by atoms with van der Waals surface area (Å²) in [6.45, 7) is 1.94. The monoisotopic (exact) mass is 286 g/mol. The molecule has 5 nitrogen and oxygen atoms in total. The number of carbonyl (C=O) groups is 1. The van der Waals surface area contributed by atoms with Crippen LogP contribution in [0.2, 0.25) is 0 Å². The van der Waals surface area contributed by atoms with Crippen molar-refractivity contribution in [2.45, 2.75) is 13.5 Å². The van der Waals surface area contributed by atoms with Crippen molar-refractivity contribution in [1.82, 2.24) is 0 Å². The minimum absolute atomic E-state index is 0.1000. The van der Waals surface area contributed by atoms with Crippen molar-refractivity contribution in [1.29, 1.82) is 0 Å². The van der Waals surface area contributed by atoms with Crippen molar-refractivity contribution >= 4 is 17.3 Å². The van der Waals surface area contributed by atoms with Crippen LogP contribution >= 0.6 is 0 Å². The average Bonchev–Trinajstić information content (AvgIpc) is 2.47. The number of anilines is 2. The van der Waals surface area contributed by atoms with Crippen molar-refractivity contribution in [2.75, 3.05) is 17.7 Å². The van der Waals surface area contributed by atoms with Gasteiger partial charge < -0.3 is 20.5 Å². The van der Waals surface area contributed by atoms with E-state index >= 15 is 0 Å². The molecule has 5 heteroatoms. The molecule has 1 amide bonds.